The maximum Gasteiger partial charge on any atom is 0.177 e. The summed E-state index contributed by atoms with van der Waals surface area (Å²) in [5.74, 6) is 0. The van der Waals surface area contributed by atoms with Crippen LogP contribution in [0.4, 0.5) is 17.1 Å². The van der Waals surface area contributed by atoms with Gasteiger partial charge in [0.1, 0.15) is 11.1 Å². The van der Waals surface area contributed by atoms with Crippen LogP contribution in [0.15, 0.2) is 187 Å². The molecule has 0 bridgehead atoms. The zero-order chi connectivity index (χ0) is 31.9. The molecule has 0 amide bonds. The summed E-state index contributed by atoms with van der Waals surface area (Å²) in [5.41, 5.74) is 12.4. The Morgan fingerprint density at radius 1 is 0.438 bits per heavy atom. The average Bonchev–Trinajstić information content (AvgIpc) is 3.53. The number of pyridine rings is 1. The van der Waals surface area contributed by atoms with E-state index >= 15 is 0 Å². The smallest absolute Gasteiger partial charge is 0.177 e. The van der Waals surface area contributed by atoms with E-state index in [0.717, 1.165) is 61.0 Å². The van der Waals surface area contributed by atoms with Gasteiger partial charge in [0.05, 0.1) is 5.69 Å². The third kappa shape index (κ3) is 4.90. The highest BCUT2D eigenvalue weighted by Crippen LogP contribution is 2.44. The Morgan fingerprint density at radius 3 is 1.69 bits per heavy atom. The maximum atomic E-state index is 6.71. The van der Waals surface area contributed by atoms with Crippen LogP contribution in [-0.2, 0) is 0 Å². The van der Waals surface area contributed by atoms with Crippen LogP contribution in [0, 0.1) is 0 Å². The average molecular weight is 615 g/mol. The summed E-state index contributed by atoms with van der Waals surface area (Å²) in [6.07, 6.45) is 1.89. The summed E-state index contributed by atoms with van der Waals surface area (Å²) < 4.78 is 6.71. The molecule has 0 atom stereocenters. The fourth-order valence-corrected chi connectivity index (χ4v) is 6.76. The second-order valence-corrected chi connectivity index (χ2v) is 12.0. The minimum absolute atomic E-state index is 0.753. The molecule has 0 aliphatic rings. The molecule has 0 saturated carbocycles. The summed E-state index contributed by atoms with van der Waals surface area (Å²) in [4.78, 5) is 7.15. The molecule has 0 saturated heterocycles. The van der Waals surface area contributed by atoms with Crippen LogP contribution < -0.4 is 4.90 Å². The molecule has 7 aromatic carbocycles. The van der Waals surface area contributed by atoms with E-state index in [1.807, 2.05) is 12.3 Å². The third-order valence-electron chi connectivity index (χ3n) is 9.10. The monoisotopic (exact) mass is 614 g/mol. The third-order valence-corrected chi connectivity index (χ3v) is 9.10. The molecular formula is C45H30N2O. The van der Waals surface area contributed by atoms with Crippen molar-refractivity contribution >= 4 is 49.9 Å². The SMILES string of the molecule is c1ccc(-c2ccc(N(c3ccc(-c4ccccc4)c(-c4ccccc4)c3)c3ccnc4c3oc3cc5ccccc5cc34)cc2)cc1. The zero-order valence-electron chi connectivity index (χ0n) is 26.1. The highest BCUT2D eigenvalue weighted by molar-refractivity contribution is 6.12. The highest BCUT2D eigenvalue weighted by atomic mass is 16.3. The van der Waals surface area contributed by atoms with Crippen molar-refractivity contribution in [3.05, 3.63) is 182 Å². The molecule has 9 rings (SSSR count). The lowest BCUT2D eigenvalue weighted by atomic mass is 9.93. The van der Waals surface area contributed by atoms with Gasteiger partial charge in [-0.25, -0.2) is 0 Å². The fraction of sp³-hybridized carbons (Fsp3) is 0. The molecule has 48 heavy (non-hydrogen) atoms. The molecule has 2 aromatic heterocycles. The van der Waals surface area contributed by atoms with Crippen molar-refractivity contribution < 1.29 is 4.42 Å². The molecule has 0 aliphatic carbocycles. The van der Waals surface area contributed by atoms with Crippen LogP contribution in [0.5, 0.6) is 0 Å². The number of fused-ring (bicyclic) bond motifs is 4. The highest BCUT2D eigenvalue weighted by Gasteiger charge is 2.22. The van der Waals surface area contributed by atoms with E-state index in [1.165, 1.54) is 22.3 Å². The van der Waals surface area contributed by atoms with E-state index in [9.17, 15) is 0 Å². The molecule has 0 spiro atoms. The predicted molar refractivity (Wildman–Crippen MR) is 200 cm³/mol. The van der Waals surface area contributed by atoms with E-state index in [1.54, 1.807) is 0 Å². The van der Waals surface area contributed by atoms with Crippen LogP contribution in [0.3, 0.4) is 0 Å². The Morgan fingerprint density at radius 2 is 1.00 bits per heavy atom. The number of nitrogens with zero attached hydrogens (tertiary/aromatic N) is 2. The molecule has 3 nitrogen and oxygen atoms in total. The van der Waals surface area contributed by atoms with Crippen LogP contribution in [0.2, 0.25) is 0 Å². The molecule has 0 N–H and O–H groups in total. The quantitative estimate of drug-likeness (QED) is 0.187. The lowest BCUT2D eigenvalue weighted by molar-refractivity contribution is 0.669. The lowest BCUT2D eigenvalue weighted by Crippen LogP contribution is -2.11. The van der Waals surface area contributed by atoms with Crippen molar-refractivity contribution in [2.45, 2.75) is 0 Å². The summed E-state index contributed by atoms with van der Waals surface area (Å²) in [6, 6.07) is 62.0. The van der Waals surface area contributed by atoms with Crippen molar-refractivity contribution in [1.82, 2.24) is 4.98 Å². The largest absolute Gasteiger partial charge is 0.452 e. The van der Waals surface area contributed by atoms with E-state index in [0.29, 0.717) is 0 Å². The lowest BCUT2D eigenvalue weighted by Gasteiger charge is -2.27. The first-order chi connectivity index (χ1) is 23.8. The summed E-state index contributed by atoms with van der Waals surface area (Å²) in [6.45, 7) is 0. The van der Waals surface area contributed by atoms with Crippen molar-refractivity contribution in [3.63, 3.8) is 0 Å². The van der Waals surface area contributed by atoms with Gasteiger partial charge in [0.15, 0.2) is 5.58 Å². The Bertz CT molecular complexity index is 2540. The van der Waals surface area contributed by atoms with Gasteiger partial charge in [-0.2, -0.15) is 0 Å². The zero-order valence-corrected chi connectivity index (χ0v) is 26.1. The van der Waals surface area contributed by atoms with Gasteiger partial charge in [0.25, 0.3) is 0 Å². The minimum Gasteiger partial charge on any atom is -0.452 e. The van der Waals surface area contributed by atoms with E-state index < -0.39 is 0 Å². The summed E-state index contributed by atoms with van der Waals surface area (Å²) in [7, 11) is 0. The van der Waals surface area contributed by atoms with Gasteiger partial charge in [0.2, 0.25) is 0 Å². The van der Waals surface area contributed by atoms with E-state index in [4.69, 9.17) is 9.40 Å². The molecule has 2 heterocycles. The van der Waals surface area contributed by atoms with Gasteiger partial charge >= 0.3 is 0 Å². The molecule has 0 radical (unpaired) electrons. The van der Waals surface area contributed by atoms with Crippen molar-refractivity contribution in [2.24, 2.45) is 0 Å². The summed E-state index contributed by atoms with van der Waals surface area (Å²) in [5, 5.41) is 3.31. The van der Waals surface area contributed by atoms with Crippen molar-refractivity contribution in [1.29, 1.82) is 0 Å². The number of aromatic nitrogens is 1. The first kappa shape index (κ1) is 27.8. The van der Waals surface area contributed by atoms with Crippen molar-refractivity contribution in [3.8, 4) is 33.4 Å². The molecule has 0 fully saturated rings. The maximum absolute atomic E-state index is 6.71. The second kappa shape index (κ2) is 11.7. The van der Waals surface area contributed by atoms with Gasteiger partial charge < -0.3 is 9.32 Å². The first-order valence-electron chi connectivity index (χ1n) is 16.2. The number of furan rings is 1. The van der Waals surface area contributed by atoms with Gasteiger partial charge in [-0.1, -0.05) is 133 Å². The van der Waals surface area contributed by atoms with Gasteiger partial charge in [0, 0.05) is 23.0 Å². The van der Waals surface area contributed by atoms with Gasteiger partial charge in [-0.3, -0.25) is 4.98 Å². The number of hydrogen-bond donors (Lipinski definition) is 0. The first-order valence-corrected chi connectivity index (χ1v) is 16.2. The fourth-order valence-electron chi connectivity index (χ4n) is 6.76. The van der Waals surface area contributed by atoms with Crippen LogP contribution in [0.25, 0.3) is 66.2 Å². The molecule has 3 heteroatoms. The number of anilines is 3. The van der Waals surface area contributed by atoms with Crippen LogP contribution in [0.1, 0.15) is 0 Å². The number of benzene rings is 7. The Hall–Kier alpha value is -6.45. The Balaban J connectivity index is 1.28. The normalized spacial score (nSPS) is 11.3. The van der Waals surface area contributed by atoms with Crippen molar-refractivity contribution in [2.75, 3.05) is 4.90 Å². The van der Waals surface area contributed by atoms with Gasteiger partial charge in [-0.15, -0.1) is 0 Å². The Kier molecular flexibility index (Phi) is 6.80. The van der Waals surface area contributed by atoms with Crippen LogP contribution in [-0.4, -0.2) is 4.98 Å². The standard InChI is InChI=1S/C45H30N2O/c1-4-12-31(13-5-1)32-20-22-37(23-21-32)47(38-24-25-39(33-14-6-2-7-15-33)40(30-38)34-16-8-3-9-17-34)42-26-27-46-44-41-28-35-18-10-11-19-36(35)29-43(41)48-45(42)44/h1-30H. The van der Waals surface area contributed by atoms with E-state index in [2.05, 4.69) is 175 Å². The Labute approximate surface area is 279 Å². The minimum atomic E-state index is 0.753. The molecular weight excluding hydrogens is 585 g/mol. The summed E-state index contributed by atoms with van der Waals surface area (Å²) >= 11 is 0. The number of rotatable bonds is 6. The van der Waals surface area contributed by atoms with Crippen LogP contribution >= 0.6 is 0 Å². The molecule has 9 aromatic rings. The molecule has 0 aliphatic heterocycles. The predicted octanol–water partition coefficient (Wildman–Crippen LogP) is 12.6. The van der Waals surface area contributed by atoms with Gasteiger partial charge in [-0.05, 0) is 86.6 Å². The molecule has 226 valence electrons. The second-order valence-electron chi connectivity index (χ2n) is 12.0. The molecule has 0 unspecified atom stereocenters. The number of hydrogen-bond acceptors (Lipinski definition) is 3. The van der Waals surface area contributed by atoms with E-state index in [-0.39, 0.29) is 0 Å². The topological polar surface area (TPSA) is 29.3 Å².